The van der Waals surface area contributed by atoms with Crippen molar-refractivity contribution < 1.29 is 14.7 Å². The summed E-state index contributed by atoms with van der Waals surface area (Å²) < 4.78 is 0. The van der Waals surface area contributed by atoms with Crippen molar-refractivity contribution in [2.75, 3.05) is 24.6 Å². The molecule has 0 aromatic rings. The molecule has 1 fully saturated rings. The first-order chi connectivity index (χ1) is 8.55. The molecule has 0 bridgehead atoms. The van der Waals surface area contributed by atoms with Gasteiger partial charge in [-0.25, -0.2) is 0 Å². The molecule has 1 rings (SSSR count). The smallest absolute Gasteiger partial charge is 0.310 e. The largest absolute Gasteiger partial charge is 0.481 e. The molecule has 104 valence electrons. The molecule has 1 heterocycles. The van der Waals surface area contributed by atoms with Gasteiger partial charge >= 0.3 is 5.97 Å². The molecule has 1 saturated heterocycles. The van der Waals surface area contributed by atoms with Gasteiger partial charge in [-0.1, -0.05) is 13.8 Å². The molecule has 0 aliphatic carbocycles. The molecule has 1 aliphatic rings. The third kappa shape index (κ3) is 3.64. The van der Waals surface area contributed by atoms with Crippen molar-refractivity contribution in [3.8, 4) is 0 Å². The average Bonchev–Trinajstić information content (AvgIpc) is 2.64. The number of carbonyl (C=O) groups excluding carboxylic acids is 1. The van der Waals surface area contributed by atoms with Gasteiger partial charge in [0.1, 0.15) is 0 Å². The third-order valence-corrected chi connectivity index (χ3v) is 4.92. The zero-order valence-corrected chi connectivity index (χ0v) is 12.1. The minimum atomic E-state index is -0.878. The predicted octanol–water partition coefficient (Wildman–Crippen LogP) is 2.23. The monoisotopic (exact) mass is 273 g/mol. The molecule has 4 nitrogen and oxygen atoms in total. The number of hydrogen-bond donors (Lipinski definition) is 1. The van der Waals surface area contributed by atoms with E-state index in [1.807, 2.05) is 30.5 Å². The van der Waals surface area contributed by atoms with E-state index in [9.17, 15) is 14.7 Å². The molecule has 0 saturated carbocycles. The fourth-order valence-corrected chi connectivity index (χ4v) is 3.16. The van der Waals surface area contributed by atoms with E-state index in [1.165, 1.54) is 0 Å². The van der Waals surface area contributed by atoms with Crippen molar-refractivity contribution in [1.29, 1.82) is 0 Å². The summed E-state index contributed by atoms with van der Waals surface area (Å²) in [5, 5.41) is 9.35. The van der Waals surface area contributed by atoms with E-state index in [1.54, 1.807) is 0 Å². The number of carboxylic acids is 1. The van der Waals surface area contributed by atoms with E-state index in [4.69, 9.17) is 0 Å². The van der Waals surface area contributed by atoms with Gasteiger partial charge in [-0.15, -0.1) is 0 Å². The minimum Gasteiger partial charge on any atom is -0.481 e. The Morgan fingerprint density at radius 1 is 1.22 bits per heavy atom. The Kier molecular flexibility index (Phi) is 5.99. The van der Waals surface area contributed by atoms with Crippen LogP contribution in [0.25, 0.3) is 0 Å². The molecule has 0 spiro atoms. The van der Waals surface area contributed by atoms with Gasteiger partial charge in [0.15, 0.2) is 0 Å². The molecular weight excluding hydrogens is 250 g/mol. The Morgan fingerprint density at radius 3 is 2.44 bits per heavy atom. The maximum atomic E-state index is 12.2. The Morgan fingerprint density at radius 2 is 1.89 bits per heavy atom. The maximum absolute atomic E-state index is 12.2. The van der Waals surface area contributed by atoms with Crippen molar-refractivity contribution in [2.45, 2.75) is 39.5 Å². The normalized spacial score (nSPS) is 17.3. The van der Waals surface area contributed by atoms with E-state index in [0.29, 0.717) is 12.8 Å². The topological polar surface area (TPSA) is 57.6 Å². The Hall–Kier alpha value is -0.710. The predicted molar refractivity (Wildman–Crippen MR) is 73.8 cm³/mol. The van der Waals surface area contributed by atoms with Gasteiger partial charge in [-0.3, -0.25) is 9.59 Å². The van der Waals surface area contributed by atoms with Gasteiger partial charge in [0, 0.05) is 25.3 Å². The van der Waals surface area contributed by atoms with Crippen molar-refractivity contribution in [1.82, 2.24) is 4.90 Å². The SMILES string of the molecule is CCC(CC)(CC(=O)N1CCCSCC1)C(=O)O. The number of rotatable bonds is 5. The van der Waals surface area contributed by atoms with Crippen LogP contribution in [-0.4, -0.2) is 46.5 Å². The summed E-state index contributed by atoms with van der Waals surface area (Å²) in [5.74, 6) is 1.22. The van der Waals surface area contributed by atoms with Crippen LogP contribution in [0.2, 0.25) is 0 Å². The molecule has 0 aromatic carbocycles. The summed E-state index contributed by atoms with van der Waals surface area (Å²) in [6, 6.07) is 0. The number of carbonyl (C=O) groups is 2. The molecule has 0 aromatic heterocycles. The van der Waals surface area contributed by atoms with E-state index in [2.05, 4.69) is 0 Å². The van der Waals surface area contributed by atoms with E-state index >= 15 is 0 Å². The van der Waals surface area contributed by atoms with Gasteiger partial charge < -0.3 is 10.0 Å². The van der Waals surface area contributed by atoms with Crippen molar-refractivity contribution in [2.24, 2.45) is 5.41 Å². The minimum absolute atomic E-state index is 0.00333. The highest BCUT2D eigenvalue weighted by Gasteiger charge is 2.38. The Balaban J connectivity index is 2.68. The zero-order valence-electron chi connectivity index (χ0n) is 11.3. The highest BCUT2D eigenvalue weighted by atomic mass is 32.2. The first kappa shape index (κ1) is 15.3. The average molecular weight is 273 g/mol. The summed E-state index contributed by atoms with van der Waals surface area (Å²) in [6.45, 7) is 5.23. The highest BCUT2D eigenvalue weighted by molar-refractivity contribution is 7.99. The molecule has 18 heavy (non-hydrogen) atoms. The summed E-state index contributed by atoms with van der Waals surface area (Å²) in [4.78, 5) is 25.5. The third-order valence-electron chi connectivity index (χ3n) is 3.87. The van der Waals surface area contributed by atoms with Gasteiger partial charge in [-0.2, -0.15) is 11.8 Å². The first-order valence-corrected chi connectivity index (χ1v) is 7.80. The van der Waals surface area contributed by atoms with Crippen LogP contribution in [0.5, 0.6) is 0 Å². The second kappa shape index (κ2) is 7.02. The molecule has 1 N–H and O–H groups in total. The van der Waals surface area contributed by atoms with Crippen LogP contribution < -0.4 is 0 Å². The molecule has 0 unspecified atom stereocenters. The first-order valence-electron chi connectivity index (χ1n) is 6.64. The fourth-order valence-electron chi connectivity index (χ4n) is 2.27. The fraction of sp³-hybridized carbons (Fsp3) is 0.846. The van der Waals surface area contributed by atoms with Gasteiger partial charge in [0.2, 0.25) is 5.91 Å². The van der Waals surface area contributed by atoms with Crippen LogP contribution in [0.1, 0.15) is 39.5 Å². The molecule has 1 aliphatic heterocycles. The van der Waals surface area contributed by atoms with Crippen LogP contribution in [0.4, 0.5) is 0 Å². The zero-order chi connectivity index (χ0) is 13.6. The number of carboxylic acid groups (broad SMARTS) is 1. The number of amides is 1. The van der Waals surface area contributed by atoms with Gasteiger partial charge in [-0.05, 0) is 25.0 Å². The number of thioether (sulfide) groups is 1. The van der Waals surface area contributed by atoms with Crippen molar-refractivity contribution in [3.63, 3.8) is 0 Å². The highest BCUT2D eigenvalue weighted by Crippen LogP contribution is 2.32. The lowest BCUT2D eigenvalue weighted by molar-refractivity contribution is -0.154. The summed E-state index contributed by atoms with van der Waals surface area (Å²) >= 11 is 1.86. The maximum Gasteiger partial charge on any atom is 0.310 e. The molecule has 5 heteroatoms. The van der Waals surface area contributed by atoms with Gasteiger partial charge in [0.05, 0.1) is 5.41 Å². The second-order valence-electron chi connectivity index (χ2n) is 4.82. The van der Waals surface area contributed by atoms with Crippen LogP contribution in [-0.2, 0) is 9.59 Å². The number of nitrogens with zero attached hydrogens (tertiary/aromatic N) is 1. The Labute approximate surface area is 113 Å². The molecular formula is C13H23NO3S. The summed E-state index contributed by atoms with van der Waals surface area (Å²) in [6.07, 6.45) is 2.16. The molecule has 0 radical (unpaired) electrons. The standard InChI is InChI=1S/C13H23NO3S/c1-3-13(4-2,12(16)17)10-11(15)14-6-5-8-18-9-7-14/h3-10H2,1-2H3,(H,16,17). The van der Waals surface area contributed by atoms with E-state index in [0.717, 1.165) is 31.0 Å². The number of hydrogen-bond acceptors (Lipinski definition) is 3. The summed E-state index contributed by atoms with van der Waals surface area (Å²) in [7, 11) is 0. The van der Waals surface area contributed by atoms with E-state index < -0.39 is 11.4 Å². The lowest BCUT2D eigenvalue weighted by Gasteiger charge is -2.29. The summed E-state index contributed by atoms with van der Waals surface area (Å²) in [5.41, 5.74) is -0.878. The van der Waals surface area contributed by atoms with Gasteiger partial charge in [0.25, 0.3) is 0 Å². The lowest BCUT2D eigenvalue weighted by atomic mass is 9.79. The van der Waals surface area contributed by atoms with E-state index in [-0.39, 0.29) is 12.3 Å². The van der Waals surface area contributed by atoms with Crippen LogP contribution in [0.3, 0.4) is 0 Å². The molecule has 1 amide bonds. The number of aliphatic carboxylic acids is 1. The lowest BCUT2D eigenvalue weighted by Crippen LogP contribution is -2.40. The van der Waals surface area contributed by atoms with Crippen LogP contribution in [0, 0.1) is 5.41 Å². The van der Waals surface area contributed by atoms with Crippen molar-refractivity contribution in [3.05, 3.63) is 0 Å². The second-order valence-corrected chi connectivity index (χ2v) is 6.04. The van der Waals surface area contributed by atoms with Crippen LogP contribution >= 0.6 is 11.8 Å². The Bertz CT molecular complexity index is 295. The van der Waals surface area contributed by atoms with Crippen LogP contribution in [0.15, 0.2) is 0 Å². The quantitative estimate of drug-likeness (QED) is 0.834. The molecule has 0 atom stereocenters. The van der Waals surface area contributed by atoms with Crippen molar-refractivity contribution >= 4 is 23.6 Å².